The first kappa shape index (κ1) is 16.2. The minimum atomic E-state index is -3.40. The van der Waals surface area contributed by atoms with Gasteiger partial charge in [0.25, 0.3) is 10.2 Å². The molecule has 5 nitrogen and oxygen atoms in total. The normalized spacial score (nSPS) is 26.7. The van der Waals surface area contributed by atoms with E-state index in [0.717, 1.165) is 6.42 Å². The summed E-state index contributed by atoms with van der Waals surface area (Å²) in [5.41, 5.74) is 0. The summed E-state index contributed by atoms with van der Waals surface area (Å²) in [6.45, 7) is 5.22. The Morgan fingerprint density at radius 1 is 1.50 bits per heavy atom. The Morgan fingerprint density at radius 2 is 2.17 bits per heavy atom. The van der Waals surface area contributed by atoms with Gasteiger partial charge in [-0.05, 0) is 19.8 Å². The van der Waals surface area contributed by atoms with Gasteiger partial charge < -0.3 is 4.74 Å². The van der Waals surface area contributed by atoms with E-state index in [9.17, 15) is 8.42 Å². The van der Waals surface area contributed by atoms with Crippen LogP contribution in [0.5, 0.6) is 0 Å². The lowest BCUT2D eigenvalue weighted by molar-refractivity contribution is -0.0247. The summed E-state index contributed by atoms with van der Waals surface area (Å²) in [6, 6.07) is -0.0651. The number of alkyl halides is 1. The zero-order valence-electron chi connectivity index (χ0n) is 11.3. The number of halogens is 1. The van der Waals surface area contributed by atoms with Gasteiger partial charge in [-0.3, -0.25) is 0 Å². The maximum atomic E-state index is 12.5. The highest BCUT2D eigenvalue weighted by molar-refractivity contribution is 7.86. The quantitative estimate of drug-likeness (QED) is 0.694. The van der Waals surface area contributed by atoms with E-state index < -0.39 is 10.2 Å². The molecule has 0 N–H and O–H groups in total. The average Bonchev–Trinajstić information content (AvgIpc) is 2.35. The van der Waals surface area contributed by atoms with Gasteiger partial charge in [0.1, 0.15) is 0 Å². The molecule has 0 spiro atoms. The monoisotopic (exact) mass is 298 g/mol. The maximum Gasteiger partial charge on any atom is 0.282 e. The van der Waals surface area contributed by atoms with Crippen LogP contribution in [0.4, 0.5) is 0 Å². The smallest absolute Gasteiger partial charge is 0.282 e. The first-order valence-electron chi connectivity index (χ1n) is 6.34. The Morgan fingerprint density at radius 3 is 2.72 bits per heavy atom. The van der Waals surface area contributed by atoms with Crippen molar-refractivity contribution in [1.82, 2.24) is 8.61 Å². The van der Waals surface area contributed by atoms with Gasteiger partial charge in [0.05, 0.1) is 12.7 Å². The summed E-state index contributed by atoms with van der Waals surface area (Å²) in [6.07, 6.45) is 1.37. The lowest BCUT2D eigenvalue weighted by Gasteiger charge is -2.39. The zero-order chi connectivity index (χ0) is 13.8. The number of hydrogen-bond acceptors (Lipinski definition) is 3. The summed E-state index contributed by atoms with van der Waals surface area (Å²) in [5, 5.41) is 0. The van der Waals surface area contributed by atoms with Crippen molar-refractivity contribution in [3.8, 4) is 0 Å². The minimum Gasteiger partial charge on any atom is -0.375 e. The molecule has 0 radical (unpaired) electrons. The number of morpholine rings is 1. The van der Waals surface area contributed by atoms with Crippen molar-refractivity contribution in [3.05, 3.63) is 0 Å². The van der Waals surface area contributed by atoms with Gasteiger partial charge in [0.2, 0.25) is 0 Å². The molecule has 0 saturated carbocycles. The molecule has 0 aromatic heterocycles. The van der Waals surface area contributed by atoms with Crippen molar-refractivity contribution in [3.63, 3.8) is 0 Å². The van der Waals surface area contributed by atoms with Gasteiger partial charge >= 0.3 is 0 Å². The molecule has 0 aromatic carbocycles. The number of hydrogen-bond donors (Lipinski definition) is 0. The highest BCUT2D eigenvalue weighted by Gasteiger charge is 2.36. The lowest BCUT2D eigenvalue weighted by Crippen LogP contribution is -2.55. The number of rotatable bonds is 6. The van der Waals surface area contributed by atoms with Crippen LogP contribution in [0.2, 0.25) is 0 Å². The van der Waals surface area contributed by atoms with Crippen molar-refractivity contribution in [1.29, 1.82) is 0 Å². The molecule has 18 heavy (non-hydrogen) atoms. The molecular formula is C11H23ClN2O3S. The fourth-order valence-electron chi connectivity index (χ4n) is 1.99. The number of nitrogens with zero attached hydrogens (tertiary/aromatic N) is 2. The first-order valence-corrected chi connectivity index (χ1v) is 8.27. The Hall–Kier alpha value is 0.120. The molecule has 1 rings (SSSR count). The molecule has 0 aliphatic carbocycles. The standard InChI is InChI=1S/C11H23ClN2O3S/c1-4-11-9-17-10(2)8-14(11)18(15,16)13(3)7-5-6-12/h10-11H,4-9H2,1-3H3. The molecule has 2 unspecified atom stereocenters. The summed E-state index contributed by atoms with van der Waals surface area (Å²) < 4.78 is 33.4. The molecule has 1 saturated heterocycles. The maximum absolute atomic E-state index is 12.5. The SMILES string of the molecule is CCC1COC(C)CN1S(=O)(=O)N(C)CCCCl. The Labute approximate surface area is 115 Å². The number of ether oxygens (including phenoxy) is 1. The van der Waals surface area contributed by atoms with E-state index in [1.165, 1.54) is 4.31 Å². The van der Waals surface area contributed by atoms with E-state index in [1.807, 2.05) is 13.8 Å². The molecule has 1 aliphatic rings. The zero-order valence-corrected chi connectivity index (χ0v) is 12.9. The van der Waals surface area contributed by atoms with Crippen LogP contribution in [0.15, 0.2) is 0 Å². The molecular weight excluding hydrogens is 276 g/mol. The van der Waals surface area contributed by atoms with Crippen molar-refractivity contribution in [2.75, 3.05) is 32.6 Å². The van der Waals surface area contributed by atoms with Crippen molar-refractivity contribution in [2.45, 2.75) is 38.8 Å². The van der Waals surface area contributed by atoms with Crippen LogP contribution < -0.4 is 0 Å². The summed E-state index contributed by atoms with van der Waals surface area (Å²) in [7, 11) is -1.79. The van der Waals surface area contributed by atoms with Gasteiger partial charge in [-0.15, -0.1) is 11.6 Å². The van der Waals surface area contributed by atoms with E-state index in [4.69, 9.17) is 16.3 Å². The largest absolute Gasteiger partial charge is 0.375 e. The van der Waals surface area contributed by atoms with Crippen molar-refractivity contribution >= 4 is 21.8 Å². The summed E-state index contributed by atoms with van der Waals surface area (Å²) >= 11 is 5.61. The van der Waals surface area contributed by atoms with E-state index in [-0.39, 0.29) is 12.1 Å². The van der Waals surface area contributed by atoms with Gasteiger partial charge in [-0.1, -0.05) is 6.92 Å². The van der Waals surface area contributed by atoms with Crippen LogP contribution in [0, 0.1) is 0 Å². The molecule has 1 fully saturated rings. The molecule has 1 heterocycles. The molecule has 0 bridgehead atoms. The Kier molecular flexibility index (Phi) is 6.34. The van der Waals surface area contributed by atoms with E-state index in [2.05, 4.69) is 0 Å². The molecule has 108 valence electrons. The predicted molar refractivity (Wildman–Crippen MR) is 73.1 cm³/mol. The molecule has 2 atom stereocenters. The third-order valence-electron chi connectivity index (χ3n) is 3.19. The minimum absolute atomic E-state index is 0.0519. The van der Waals surface area contributed by atoms with Crippen LogP contribution in [0.3, 0.4) is 0 Å². The Bertz CT molecular complexity index is 350. The Balaban J connectivity index is 2.79. The van der Waals surface area contributed by atoms with Crippen LogP contribution in [-0.4, -0.2) is 61.8 Å². The van der Waals surface area contributed by atoms with Gasteiger partial charge in [0, 0.05) is 32.1 Å². The molecule has 7 heteroatoms. The predicted octanol–water partition coefficient (Wildman–Crippen LogP) is 1.29. The van der Waals surface area contributed by atoms with Gasteiger partial charge in [0.15, 0.2) is 0 Å². The average molecular weight is 299 g/mol. The van der Waals surface area contributed by atoms with Gasteiger partial charge in [-0.25, -0.2) is 0 Å². The highest BCUT2D eigenvalue weighted by Crippen LogP contribution is 2.20. The fourth-order valence-corrected chi connectivity index (χ4v) is 3.82. The van der Waals surface area contributed by atoms with Crippen LogP contribution >= 0.6 is 11.6 Å². The first-order chi connectivity index (χ1) is 8.43. The topological polar surface area (TPSA) is 49.9 Å². The van der Waals surface area contributed by atoms with Crippen LogP contribution in [0.1, 0.15) is 26.7 Å². The summed E-state index contributed by atoms with van der Waals surface area (Å²) in [5.74, 6) is 0.469. The molecule has 1 aliphatic heterocycles. The van der Waals surface area contributed by atoms with E-state index in [0.29, 0.717) is 32.0 Å². The van der Waals surface area contributed by atoms with Crippen molar-refractivity contribution in [2.24, 2.45) is 0 Å². The fraction of sp³-hybridized carbons (Fsp3) is 1.00. The van der Waals surface area contributed by atoms with Crippen LogP contribution in [0.25, 0.3) is 0 Å². The third-order valence-corrected chi connectivity index (χ3v) is 5.46. The highest BCUT2D eigenvalue weighted by atomic mass is 35.5. The second-order valence-corrected chi connectivity index (χ2v) is 7.01. The van der Waals surface area contributed by atoms with E-state index >= 15 is 0 Å². The molecule has 0 aromatic rings. The van der Waals surface area contributed by atoms with Crippen LogP contribution in [-0.2, 0) is 14.9 Å². The van der Waals surface area contributed by atoms with Crippen molar-refractivity contribution < 1.29 is 13.2 Å². The molecule has 0 amide bonds. The lowest BCUT2D eigenvalue weighted by atomic mass is 10.2. The van der Waals surface area contributed by atoms with Gasteiger partial charge in [-0.2, -0.15) is 17.0 Å². The van der Waals surface area contributed by atoms with E-state index in [1.54, 1.807) is 11.4 Å². The summed E-state index contributed by atoms with van der Waals surface area (Å²) in [4.78, 5) is 0. The second kappa shape index (κ2) is 7.05. The third kappa shape index (κ3) is 3.81. The second-order valence-electron chi connectivity index (χ2n) is 4.65.